The Bertz CT molecular complexity index is 1080. The largest absolute Gasteiger partial charge is 0.365 e. The van der Waals surface area contributed by atoms with E-state index in [0.717, 1.165) is 29.6 Å². The first kappa shape index (κ1) is 19.1. The van der Waals surface area contributed by atoms with Crippen molar-refractivity contribution in [1.82, 2.24) is 29.8 Å². The van der Waals surface area contributed by atoms with Crippen LogP contribution in [-0.4, -0.2) is 61.1 Å². The lowest BCUT2D eigenvalue weighted by Gasteiger charge is -2.33. The first-order valence-corrected chi connectivity index (χ1v) is 10.5. The SMILES string of the molecule is CSc1ncc(-c2cnc3[nH]ccc3n2)c(NC2CCCN(C(=O)CC#N)C2)n1. The highest BCUT2D eigenvalue weighted by Crippen LogP contribution is 2.28. The highest BCUT2D eigenvalue weighted by molar-refractivity contribution is 7.98. The number of thioether (sulfide) groups is 1. The number of piperidine rings is 1. The zero-order chi connectivity index (χ0) is 20.2. The van der Waals surface area contributed by atoms with Crippen LogP contribution >= 0.6 is 11.8 Å². The molecule has 2 N–H and O–H groups in total. The van der Waals surface area contributed by atoms with E-state index in [1.807, 2.05) is 18.4 Å². The number of nitriles is 1. The van der Waals surface area contributed by atoms with Crippen LogP contribution in [0.15, 0.2) is 29.8 Å². The third-order valence-electron chi connectivity index (χ3n) is 4.83. The number of carbonyl (C=O) groups excluding carboxylic acids is 1. The van der Waals surface area contributed by atoms with Gasteiger partial charge in [-0.25, -0.2) is 19.9 Å². The standard InChI is InChI=1S/C19H20N8OS/c1-29-19-23-9-13(15-10-22-18-14(25-15)5-7-21-18)17(26-19)24-12-3-2-8-27(11-12)16(28)4-6-20/h5,7,9-10,12H,2-4,8,11H2,1H3,(H,21,22)(H,23,24,26). The van der Waals surface area contributed by atoms with Gasteiger partial charge in [-0.3, -0.25) is 4.79 Å². The minimum atomic E-state index is -0.129. The Kier molecular flexibility index (Phi) is 5.57. The van der Waals surface area contributed by atoms with Gasteiger partial charge < -0.3 is 15.2 Å². The number of aromatic nitrogens is 5. The Morgan fingerprint density at radius 3 is 3.14 bits per heavy atom. The lowest BCUT2D eigenvalue weighted by molar-refractivity contribution is -0.131. The van der Waals surface area contributed by atoms with Gasteiger partial charge in [-0.15, -0.1) is 0 Å². The molecule has 9 nitrogen and oxygen atoms in total. The fourth-order valence-electron chi connectivity index (χ4n) is 3.42. The van der Waals surface area contributed by atoms with Crippen molar-refractivity contribution in [2.24, 2.45) is 0 Å². The number of nitrogens with zero attached hydrogens (tertiary/aromatic N) is 6. The second-order valence-electron chi connectivity index (χ2n) is 6.74. The Balaban J connectivity index is 1.62. The summed E-state index contributed by atoms with van der Waals surface area (Å²) in [5.74, 6) is 0.545. The average Bonchev–Trinajstić information content (AvgIpc) is 3.22. The number of rotatable bonds is 5. The molecule has 1 amide bonds. The summed E-state index contributed by atoms with van der Waals surface area (Å²) >= 11 is 1.46. The molecule has 0 saturated carbocycles. The fourth-order valence-corrected chi connectivity index (χ4v) is 3.76. The van der Waals surface area contributed by atoms with Crippen molar-refractivity contribution >= 4 is 34.7 Å². The summed E-state index contributed by atoms with van der Waals surface area (Å²) in [6.45, 7) is 1.22. The van der Waals surface area contributed by atoms with E-state index < -0.39 is 0 Å². The third-order valence-corrected chi connectivity index (χ3v) is 5.39. The molecule has 10 heteroatoms. The van der Waals surface area contributed by atoms with Crippen LogP contribution < -0.4 is 5.32 Å². The smallest absolute Gasteiger partial charge is 0.236 e. The Labute approximate surface area is 172 Å². The van der Waals surface area contributed by atoms with Gasteiger partial charge in [-0.1, -0.05) is 11.8 Å². The summed E-state index contributed by atoms with van der Waals surface area (Å²) in [5, 5.41) is 12.9. The summed E-state index contributed by atoms with van der Waals surface area (Å²) in [4.78, 5) is 35.0. The molecule has 0 bridgehead atoms. The number of aromatic amines is 1. The number of fused-ring (bicyclic) bond motifs is 1. The molecular formula is C19H20N8OS. The number of likely N-dealkylation sites (tertiary alicyclic amines) is 1. The molecule has 148 valence electrons. The third kappa shape index (κ3) is 4.14. The van der Waals surface area contributed by atoms with Gasteiger partial charge in [0.1, 0.15) is 17.8 Å². The molecule has 3 aromatic rings. The highest BCUT2D eigenvalue weighted by Gasteiger charge is 2.25. The quantitative estimate of drug-likeness (QED) is 0.487. The fraction of sp³-hybridized carbons (Fsp3) is 0.368. The average molecular weight is 408 g/mol. The summed E-state index contributed by atoms with van der Waals surface area (Å²) in [6.07, 6.45) is 8.88. The topological polar surface area (TPSA) is 123 Å². The number of nitrogens with one attached hydrogen (secondary N) is 2. The summed E-state index contributed by atoms with van der Waals surface area (Å²) in [7, 11) is 0. The Morgan fingerprint density at radius 1 is 1.41 bits per heavy atom. The predicted octanol–water partition coefficient (Wildman–Crippen LogP) is 2.45. The Hall–Kier alpha value is -3.19. The van der Waals surface area contributed by atoms with Crippen molar-refractivity contribution in [3.05, 3.63) is 24.7 Å². The molecule has 0 radical (unpaired) electrons. The molecule has 1 fully saturated rings. The van der Waals surface area contributed by atoms with Gasteiger partial charge in [0.2, 0.25) is 5.91 Å². The van der Waals surface area contributed by atoms with Crippen LogP contribution in [0.1, 0.15) is 19.3 Å². The zero-order valence-electron chi connectivity index (χ0n) is 15.9. The van der Waals surface area contributed by atoms with E-state index >= 15 is 0 Å². The molecule has 1 unspecified atom stereocenters. The minimum Gasteiger partial charge on any atom is -0.365 e. The molecule has 1 saturated heterocycles. The molecule has 4 rings (SSSR count). The van der Waals surface area contributed by atoms with E-state index in [1.54, 1.807) is 23.5 Å². The van der Waals surface area contributed by atoms with E-state index in [1.165, 1.54) is 11.8 Å². The number of carbonyl (C=O) groups is 1. The monoisotopic (exact) mass is 408 g/mol. The Morgan fingerprint density at radius 2 is 2.31 bits per heavy atom. The maximum Gasteiger partial charge on any atom is 0.236 e. The van der Waals surface area contributed by atoms with Crippen LogP contribution in [0, 0.1) is 11.3 Å². The molecule has 4 heterocycles. The molecular weight excluding hydrogens is 388 g/mol. The van der Waals surface area contributed by atoms with Crippen molar-refractivity contribution in [2.75, 3.05) is 24.7 Å². The molecule has 3 aromatic heterocycles. The van der Waals surface area contributed by atoms with Crippen molar-refractivity contribution in [1.29, 1.82) is 5.26 Å². The van der Waals surface area contributed by atoms with Gasteiger partial charge in [-0.2, -0.15) is 5.26 Å². The van der Waals surface area contributed by atoms with Crippen LogP contribution in [0.2, 0.25) is 0 Å². The van der Waals surface area contributed by atoms with Crippen LogP contribution in [0.5, 0.6) is 0 Å². The van der Waals surface area contributed by atoms with Crippen LogP contribution in [0.4, 0.5) is 5.82 Å². The lowest BCUT2D eigenvalue weighted by Crippen LogP contribution is -2.45. The molecule has 1 aliphatic rings. The molecule has 29 heavy (non-hydrogen) atoms. The second-order valence-corrected chi connectivity index (χ2v) is 7.52. The maximum atomic E-state index is 12.1. The normalized spacial score (nSPS) is 16.6. The summed E-state index contributed by atoms with van der Waals surface area (Å²) in [6, 6.07) is 3.85. The van der Waals surface area contributed by atoms with Gasteiger partial charge in [0.15, 0.2) is 10.8 Å². The molecule has 1 aliphatic heterocycles. The van der Waals surface area contributed by atoms with E-state index in [-0.39, 0.29) is 18.4 Å². The number of hydrogen-bond donors (Lipinski definition) is 2. The van der Waals surface area contributed by atoms with E-state index in [4.69, 9.17) is 5.26 Å². The summed E-state index contributed by atoms with van der Waals surface area (Å²) in [5.41, 5.74) is 2.94. The first-order valence-electron chi connectivity index (χ1n) is 9.30. The van der Waals surface area contributed by atoms with Gasteiger partial charge in [-0.05, 0) is 25.2 Å². The first-order chi connectivity index (χ1) is 14.2. The molecule has 0 aliphatic carbocycles. The highest BCUT2D eigenvalue weighted by atomic mass is 32.2. The van der Waals surface area contributed by atoms with Crippen molar-refractivity contribution in [3.63, 3.8) is 0 Å². The van der Waals surface area contributed by atoms with Crippen molar-refractivity contribution in [3.8, 4) is 17.3 Å². The van der Waals surface area contributed by atoms with Crippen LogP contribution in [-0.2, 0) is 4.79 Å². The number of anilines is 1. The maximum absolute atomic E-state index is 12.1. The molecule has 0 spiro atoms. The predicted molar refractivity (Wildman–Crippen MR) is 110 cm³/mol. The molecule has 0 aromatic carbocycles. The summed E-state index contributed by atoms with van der Waals surface area (Å²) < 4.78 is 0. The van der Waals surface area contributed by atoms with Gasteiger partial charge in [0.05, 0.1) is 23.5 Å². The van der Waals surface area contributed by atoms with Crippen LogP contribution in [0.3, 0.4) is 0 Å². The number of H-pyrrole nitrogens is 1. The minimum absolute atomic E-state index is 0.0405. The van der Waals surface area contributed by atoms with Gasteiger partial charge in [0, 0.05) is 31.5 Å². The van der Waals surface area contributed by atoms with E-state index in [2.05, 4.69) is 30.2 Å². The zero-order valence-corrected chi connectivity index (χ0v) is 16.7. The van der Waals surface area contributed by atoms with Gasteiger partial charge >= 0.3 is 0 Å². The van der Waals surface area contributed by atoms with E-state index in [0.29, 0.717) is 29.8 Å². The van der Waals surface area contributed by atoms with Crippen molar-refractivity contribution < 1.29 is 4.79 Å². The van der Waals surface area contributed by atoms with Crippen LogP contribution in [0.25, 0.3) is 22.4 Å². The van der Waals surface area contributed by atoms with Gasteiger partial charge in [0.25, 0.3) is 0 Å². The van der Waals surface area contributed by atoms with E-state index in [9.17, 15) is 4.79 Å². The lowest BCUT2D eigenvalue weighted by atomic mass is 10.0. The second kappa shape index (κ2) is 8.45. The molecule has 1 atom stereocenters. The van der Waals surface area contributed by atoms with Crippen molar-refractivity contribution in [2.45, 2.75) is 30.5 Å². The number of amides is 1. The number of hydrogen-bond acceptors (Lipinski definition) is 8.